The molecule has 2 aliphatic rings. The van der Waals surface area contributed by atoms with Gasteiger partial charge in [0.15, 0.2) is 5.96 Å². The number of benzene rings is 2. The number of aliphatic imine (C=N–C) groups is 1. The van der Waals surface area contributed by atoms with Crippen molar-refractivity contribution in [2.24, 2.45) is 4.99 Å². The summed E-state index contributed by atoms with van der Waals surface area (Å²) in [4.78, 5) is 9.51. The van der Waals surface area contributed by atoms with Crippen molar-refractivity contribution >= 4 is 11.6 Å². The van der Waals surface area contributed by atoms with Crippen molar-refractivity contribution in [3.8, 4) is 5.75 Å². The van der Waals surface area contributed by atoms with Gasteiger partial charge in [-0.15, -0.1) is 0 Å². The van der Waals surface area contributed by atoms with Gasteiger partial charge in [0.25, 0.3) is 0 Å². The average molecular weight is 422 g/mol. The lowest BCUT2D eigenvalue weighted by molar-refractivity contribution is 0.239. The first-order chi connectivity index (χ1) is 15.3. The van der Waals surface area contributed by atoms with Gasteiger partial charge < -0.3 is 20.3 Å². The molecule has 2 fully saturated rings. The maximum atomic E-state index is 5.67. The molecule has 2 heterocycles. The molecule has 31 heavy (non-hydrogen) atoms. The zero-order valence-corrected chi connectivity index (χ0v) is 18.8. The van der Waals surface area contributed by atoms with Crippen LogP contribution >= 0.6 is 0 Å². The van der Waals surface area contributed by atoms with Crippen molar-refractivity contribution in [1.29, 1.82) is 0 Å². The van der Waals surface area contributed by atoms with Gasteiger partial charge in [0.05, 0.1) is 13.2 Å². The fraction of sp³-hybridized carbons (Fsp3) is 0.480. The van der Waals surface area contributed by atoms with E-state index in [4.69, 9.17) is 4.74 Å². The lowest BCUT2D eigenvalue weighted by Crippen LogP contribution is -2.47. The Labute approximate surface area is 186 Å². The van der Waals surface area contributed by atoms with E-state index >= 15 is 0 Å². The first-order valence-electron chi connectivity index (χ1n) is 11.4. The van der Waals surface area contributed by atoms with Gasteiger partial charge in [0.1, 0.15) is 5.75 Å². The molecule has 2 N–H and O–H groups in total. The van der Waals surface area contributed by atoms with Crippen LogP contribution in [0.5, 0.6) is 5.75 Å². The average Bonchev–Trinajstić information content (AvgIpc) is 3.52. The van der Waals surface area contributed by atoms with E-state index in [1.54, 1.807) is 7.11 Å². The van der Waals surface area contributed by atoms with E-state index in [9.17, 15) is 0 Å². The van der Waals surface area contributed by atoms with Crippen LogP contribution in [-0.4, -0.2) is 63.8 Å². The van der Waals surface area contributed by atoms with Crippen LogP contribution in [0, 0.1) is 0 Å². The normalized spacial score (nSPS) is 20.6. The Morgan fingerprint density at radius 3 is 2.55 bits per heavy atom. The summed E-state index contributed by atoms with van der Waals surface area (Å²) in [5.74, 6) is 1.83. The van der Waals surface area contributed by atoms with Crippen molar-refractivity contribution < 1.29 is 4.74 Å². The molecule has 2 saturated heterocycles. The first-order valence-corrected chi connectivity index (χ1v) is 11.4. The number of hydrogen-bond acceptors (Lipinski definition) is 4. The van der Waals surface area contributed by atoms with E-state index in [-0.39, 0.29) is 6.04 Å². The largest absolute Gasteiger partial charge is 0.496 e. The number of nitrogens with zero attached hydrogens (tertiary/aromatic N) is 3. The molecule has 4 rings (SSSR count). The lowest BCUT2D eigenvalue weighted by atomic mass is 10.0. The van der Waals surface area contributed by atoms with Crippen LogP contribution in [0.2, 0.25) is 0 Å². The van der Waals surface area contributed by atoms with Gasteiger partial charge in [-0.05, 0) is 50.6 Å². The third-order valence-electron chi connectivity index (χ3n) is 6.42. The Bertz CT molecular complexity index is 850. The van der Waals surface area contributed by atoms with Crippen molar-refractivity contribution in [1.82, 2.24) is 15.5 Å². The SMILES string of the molecule is CN=C(NCC(c1ccccc1OC)N1CCCC1)NC1CCN(c2ccccc2)C1. The molecule has 2 atom stereocenters. The van der Waals surface area contributed by atoms with Crippen LogP contribution in [0.4, 0.5) is 5.69 Å². The van der Waals surface area contributed by atoms with Crippen molar-refractivity contribution in [2.45, 2.75) is 31.3 Å². The number of hydrogen-bond donors (Lipinski definition) is 2. The predicted octanol–water partition coefficient (Wildman–Crippen LogP) is 3.28. The molecule has 2 aromatic carbocycles. The van der Waals surface area contributed by atoms with Gasteiger partial charge in [-0.2, -0.15) is 0 Å². The summed E-state index contributed by atoms with van der Waals surface area (Å²) in [6.45, 7) is 5.12. The zero-order valence-electron chi connectivity index (χ0n) is 18.8. The molecular formula is C25H35N5O. The second-order valence-electron chi connectivity index (χ2n) is 8.37. The summed E-state index contributed by atoms with van der Waals surface area (Å²) >= 11 is 0. The molecule has 2 aliphatic heterocycles. The molecule has 0 bridgehead atoms. The zero-order chi connectivity index (χ0) is 21.5. The second-order valence-corrected chi connectivity index (χ2v) is 8.37. The summed E-state index contributed by atoms with van der Waals surface area (Å²) in [6, 6.07) is 19.7. The van der Waals surface area contributed by atoms with Crippen LogP contribution in [-0.2, 0) is 0 Å². The van der Waals surface area contributed by atoms with Gasteiger partial charge in [-0.25, -0.2) is 0 Å². The Kier molecular flexibility index (Phi) is 7.30. The van der Waals surface area contributed by atoms with E-state index < -0.39 is 0 Å². The van der Waals surface area contributed by atoms with Crippen LogP contribution in [0.25, 0.3) is 0 Å². The minimum atomic E-state index is 0.265. The number of anilines is 1. The molecule has 6 heteroatoms. The van der Waals surface area contributed by atoms with Crippen molar-refractivity contribution in [3.05, 3.63) is 60.2 Å². The summed E-state index contributed by atoms with van der Waals surface area (Å²) in [5, 5.41) is 7.24. The van der Waals surface area contributed by atoms with Crippen LogP contribution in [0.1, 0.15) is 30.9 Å². The Balaban J connectivity index is 1.38. The van der Waals surface area contributed by atoms with E-state index in [1.807, 2.05) is 13.1 Å². The van der Waals surface area contributed by atoms with Gasteiger partial charge in [-0.3, -0.25) is 9.89 Å². The van der Waals surface area contributed by atoms with E-state index in [0.717, 1.165) is 50.9 Å². The Morgan fingerprint density at radius 1 is 1.06 bits per heavy atom. The number of ether oxygens (including phenoxy) is 1. The monoisotopic (exact) mass is 421 g/mol. The minimum absolute atomic E-state index is 0.265. The Morgan fingerprint density at radius 2 is 1.81 bits per heavy atom. The maximum Gasteiger partial charge on any atom is 0.191 e. The number of guanidine groups is 1. The molecule has 0 saturated carbocycles. The summed E-state index contributed by atoms with van der Waals surface area (Å²) < 4.78 is 5.67. The summed E-state index contributed by atoms with van der Waals surface area (Å²) in [5.41, 5.74) is 2.53. The molecule has 0 spiro atoms. The predicted molar refractivity (Wildman–Crippen MR) is 128 cm³/mol. The van der Waals surface area contributed by atoms with E-state index in [1.165, 1.54) is 24.1 Å². The highest BCUT2D eigenvalue weighted by atomic mass is 16.5. The van der Waals surface area contributed by atoms with Gasteiger partial charge in [0, 0.05) is 44.0 Å². The van der Waals surface area contributed by atoms with E-state index in [0.29, 0.717) is 6.04 Å². The highest BCUT2D eigenvalue weighted by molar-refractivity contribution is 5.80. The molecule has 0 radical (unpaired) electrons. The fourth-order valence-electron chi connectivity index (χ4n) is 4.76. The quantitative estimate of drug-likeness (QED) is 0.531. The third-order valence-corrected chi connectivity index (χ3v) is 6.42. The summed E-state index contributed by atoms with van der Waals surface area (Å²) in [7, 11) is 3.61. The molecule has 0 amide bonds. The number of rotatable bonds is 7. The maximum absolute atomic E-state index is 5.67. The van der Waals surface area contributed by atoms with Gasteiger partial charge in [-0.1, -0.05) is 36.4 Å². The fourth-order valence-corrected chi connectivity index (χ4v) is 4.76. The number of nitrogens with one attached hydrogen (secondary N) is 2. The topological polar surface area (TPSA) is 52.1 Å². The Hall–Kier alpha value is -2.73. The summed E-state index contributed by atoms with van der Waals surface area (Å²) in [6.07, 6.45) is 3.63. The standard InChI is InChI=1S/C25H35N5O/c1-26-25(28-20-14-17-30(19-20)21-10-4-3-5-11-21)27-18-23(29-15-8-9-16-29)22-12-6-7-13-24(22)31-2/h3-7,10-13,20,23H,8-9,14-19H2,1-2H3,(H2,26,27,28). The van der Waals surface area contributed by atoms with Crippen LogP contribution in [0.3, 0.4) is 0 Å². The van der Waals surface area contributed by atoms with Crippen LogP contribution < -0.4 is 20.3 Å². The molecule has 2 unspecified atom stereocenters. The molecule has 0 aliphatic carbocycles. The van der Waals surface area contributed by atoms with Crippen LogP contribution in [0.15, 0.2) is 59.6 Å². The van der Waals surface area contributed by atoms with Crippen molar-refractivity contribution in [2.75, 3.05) is 51.8 Å². The molecule has 6 nitrogen and oxygen atoms in total. The lowest BCUT2D eigenvalue weighted by Gasteiger charge is -2.30. The molecule has 2 aromatic rings. The molecular weight excluding hydrogens is 386 g/mol. The highest BCUT2D eigenvalue weighted by Crippen LogP contribution is 2.31. The van der Waals surface area contributed by atoms with Crippen molar-refractivity contribution in [3.63, 3.8) is 0 Å². The number of methoxy groups -OCH3 is 1. The molecule has 0 aromatic heterocycles. The highest BCUT2D eigenvalue weighted by Gasteiger charge is 2.27. The van der Waals surface area contributed by atoms with Gasteiger partial charge in [0.2, 0.25) is 0 Å². The first kappa shape index (κ1) is 21.5. The minimum Gasteiger partial charge on any atom is -0.496 e. The number of para-hydroxylation sites is 2. The number of likely N-dealkylation sites (tertiary alicyclic amines) is 1. The third kappa shape index (κ3) is 5.31. The molecule has 166 valence electrons. The van der Waals surface area contributed by atoms with Gasteiger partial charge >= 0.3 is 0 Å². The van der Waals surface area contributed by atoms with E-state index in [2.05, 4.69) is 74.0 Å². The second kappa shape index (κ2) is 10.5. The smallest absolute Gasteiger partial charge is 0.191 e.